The zero-order chi connectivity index (χ0) is 19.3. The minimum Gasteiger partial charge on any atom is -0.381 e. The Morgan fingerprint density at radius 3 is 2.82 bits per heavy atom. The second kappa shape index (κ2) is 10.8. The van der Waals surface area contributed by atoms with E-state index in [9.17, 15) is 0 Å². The number of rotatable bonds is 5. The summed E-state index contributed by atoms with van der Waals surface area (Å²) in [5.74, 6) is 1.71. The average molecular weight is 523 g/mol. The lowest BCUT2D eigenvalue weighted by atomic mass is 9.88. The van der Waals surface area contributed by atoms with Gasteiger partial charge in [-0.2, -0.15) is 0 Å². The van der Waals surface area contributed by atoms with Crippen LogP contribution in [0.5, 0.6) is 0 Å². The number of halogens is 2. The highest BCUT2D eigenvalue weighted by molar-refractivity contribution is 14.0. The molecule has 2 N–H and O–H groups in total. The molecule has 2 fully saturated rings. The Hall–Kier alpha value is -0.840. The van der Waals surface area contributed by atoms with E-state index in [1.165, 1.54) is 0 Å². The van der Waals surface area contributed by atoms with Crippen LogP contribution < -0.4 is 15.5 Å². The summed E-state index contributed by atoms with van der Waals surface area (Å²) in [7, 11) is 6.12. The van der Waals surface area contributed by atoms with Gasteiger partial charge in [-0.05, 0) is 45.5 Å². The minimum absolute atomic E-state index is 0. The number of guanidine groups is 1. The fraction of sp³-hybridized carbons (Fsp3) is 0.684. The molecule has 0 amide bonds. The normalized spacial score (nSPS) is 22.1. The van der Waals surface area contributed by atoms with Crippen LogP contribution >= 0.6 is 35.6 Å². The van der Waals surface area contributed by atoms with Crippen molar-refractivity contribution in [1.29, 1.82) is 0 Å². The first-order chi connectivity index (χ1) is 13.0. The van der Waals surface area contributed by atoms with Gasteiger partial charge in [0.1, 0.15) is 5.82 Å². The van der Waals surface area contributed by atoms with E-state index < -0.39 is 0 Å². The van der Waals surface area contributed by atoms with Crippen molar-refractivity contribution in [2.45, 2.75) is 30.8 Å². The Morgan fingerprint density at radius 2 is 2.18 bits per heavy atom. The van der Waals surface area contributed by atoms with Gasteiger partial charge in [0.25, 0.3) is 0 Å². The summed E-state index contributed by atoms with van der Waals surface area (Å²) < 4.78 is 5.56. The summed E-state index contributed by atoms with van der Waals surface area (Å²) in [6, 6.07) is 4.07. The molecule has 2 aliphatic rings. The third-order valence-electron chi connectivity index (χ3n) is 5.75. The molecule has 0 spiro atoms. The molecular formula is C19H32ClIN6O. The van der Waals surface area contributed by atoms with Crippen molar-refractivity contribution in [2.24, 2.45) is 4.99 Å². The number of nitrogens with one attached hydrogen (secondary N) is 2. The molecular weight excluding hydrogens is 491 g/mol. The van der Waals surface area contributed by atoms with Crippen LogP contribution in [0, 0.1) is 0 Å². The van der Waals surface area contributed by atoms with Crippen molar-refractivity contribution >= 4 is 47.4 Å². The Kier molecular flexibility index (Phi) is 9.04. The Balaban J connectivity index is 0.00000280. The lowest BCUT2D eigenvalue weighted by molar-refractivity contribution is -0.00502. The lowest BCUT2D eigenvalue weighted by Crippen LogP contribution is -2.57. The number of anilines is 1. The van der Waals surface area contributed by atoms with Crippen LogP contribution in [0.1, 0.15) is 19.3 Å². The van der Waals surface area contributed by atoms with Crippen molar-refractivity contribution < 1.29 is 4.74 Å². The molecule has 9 heteroatoms. The highest BCUT2D eigenvalue weighted by atomic mass is 127. The zero-order valence-electron chi connectivity index (χ0n) is 16.9. The van der Waals surface area contributed by atoms with E-state index >= 15 is 0 Å². The molecule has 1 aromatic heterocycles. The number of aromatic nitrogens is 1. The Morgan fingerprint density at radius 1 is 1.43 bits per heavy atom. The van der Waals surface area contributed by atoms with Crippen molar-refractivity contribution in [3.63, 3.8) is 0 Å². The third kappa shape index (κ3) is 5.61. The summed E-state index contributed by atoms with van der Waals surface area (Å²) >= 11 is 6.29. The second-order valence-corrected chi connectivity index (χ2v) is 7.95. The molecule has 7 nitrogen and oxygen atoms in total. The summed E-state index contributed by atoms with van der Waals surface area (Å²) in [6.45, 7) is 4.28. The summed E-state index contributed by atoms with van der Waals surface area (Å²) in [4.78, 5) is 13.4. The maximum absolute atomic E-state index is 6.29. The molecule has 1 atom stereocenters. The third-order valence-corrected chi connectivity index (χ3v) is 6.04. The highest BCUT2D eigenvalue weighted by Gasteiger charge is 2.35. The largest absolute Gasteiger partial charge is 0.381 e. The molecule has 0 bridgehead atoms. The predicted molar refractivity (Wildman–Crippen MR) is 126 cm³/mol. The van der Waals surface area contributed by atoms with E-state index in [-0.39, 0.29) is 29.5 Å². The van der Waals surface area contributed by atoms with Crippen LogP contribution in [0.25, 0.3) is 0 Å². The van der Waals surface area contributed by atoms with Crippen LogP contribution in [0.3, 0.4) is 0 Å². The highest BCUT2D eigenvalue weighted by Crippen LogP contribution is 2.26. The average Bonchev–Trinajstić information content (AvgIpc) is 3.14. The topological polar surface area (TPSA) is 65.0 Å². The van der Waals surface area contributed by atoms with Crippen LogP contribution in [0.2, 0.25) is 5.02 Å². The van der Waals surface area contributed by atoms with Crippen molar-refractivity contribution in [2.75, 3.05) is 58.9 Å². The minimum atomic E-state index is 0. The molecule has 0 aromatic carbocycles. The van der Waals surface area contributed by atoms with E-state index in [2.05, 4.69) is 44.5 Å². The predicted octanol–water partition coefficient (Wildman–Crippen LogP) is 2.21. The molecule has 158 valence electrons. The van der Waals surface area contributed by atoms with Crippen LogP contribution in [0.15, 0.2) is 23.3 Å². The Labute approximate surface area is 190 Å². The van der Waals surface area contributed by atoms with Crippen LogP contribution in [-0.4, -0.2) is 81.4 Å². The number of pyridine rings is 1. The number of aliphatic imine (C=N–C) groups is 1. The van der Waals surface area contributed by atoms with E-state index in [4.69, 9.17) is 16.3 Å². The summed E-state index contributed by atoms with van der Waals surface area (Å²) in [5, 5.41) is 7.79. The molecule has 0 aliphatic carbocycles. The number of hydrogen-bond acceptors (Lipinski definition) is 5. The monoisotopic (exact) mass is 522 g/mol. The molecule has 0 saturated carbocycles. The van der Waals surface area contributed by atoms with E-state index in [1.807, 2.05) is 19.2 Å². The fourth-order valence-corrected chi connectivity index (χ4v) is 4.09. The lowest BCUT2D eigenvalue weighted by Gasteiger charge is -2.43. The van der Waals surface area contributed by atoms with Gasteiger partial charge in [-0.3, -0.25) is 4.99 Å². The molecule has 1 aromatic rings. The van der Waals surface area contributed by atoms with Crippen molar-refractivity contribution in [3.05, 3.63) is 23.4 Å². The summed E-state index contributed by atoms with van der Waals surface area (Å²) in [6.07, 6.45) is 4.87. The number of likely N-dealkylation sites (N-methyl/N-ethyl adjacent to an activating group) is 1. The number of hydrogen-bond donors (Lipinski definition) is 2. The molecule has 1 unspecified atom stereocenters. The maximum atomic E-state index is 6.29. The standard InChI is InChI=1S/C19H31ClN6O.HI/c1-21-18(23-14-19(25(2)3)7-11-27-12-8-19)24-15-6-10-26(13-15)17-16(20)5-4-9-22-17;/h4-5,9,15H,6-8,10-14H2,1-3H3,(H2,21,23,24);1H. The van der Waals surface area contributed by atoms with Crippen LogP contribution in [-0.2, 0) is 4.74 Å². The molecule has 2 saturated heterocycles. The van der Waals surface area contributed by atoms with Gasteiger partial charge in [-0.1, -0.05) is 11.6 Å². The summed E-state index contributed by atoms with van der Waals surface area (Å²) in [5.41, 5.74) is 0.110. The fourth-order valence-electron chi connectivity index (χ4n) is 3.85. The van der Waals surface area contributed by atoms with Crippen molar-refractivity contribution in [3.8, 4) is 0 Å². The first-order valence-corrected chi connectivity index (χ1v) is 10.00. The smallest absolute Gasteiger partial charge is 0.191 e. The first kappa shape index (κ1) is 23.4. The van der Waals surface area contributed by atoms with Gasteiger partial charge in [-0.25, -0.2) is 4.98 Å². The quantitative estimate of drug-likeness (QED) is 0.351. The van der Waals surface area contributed by atoms with Gasteiger partial charge in [0, 0.05) is 57.7 Å². The van der Waals surface area contributed by atoms with Crippen LogP contribution in [0.4, 0.5) is 5.82 Å². The molecule has 28 heavy (non-hydrogen) atoms. The Bertz CT molecular complexity index is 653. The van der Waals surface area contributed by atoms with E-state index in [0.717, 1.165) is 63.9 Å². The molecule has 2 aliphatic heterocycles. The second-order valence-electron chi connectivity index (χ2n) is 7.54. The molecule has 3 heterocycles. The van der Waals surface area contributed by atoms with Gasteiger partial charge < -0.3 is 25.2 Å². The van der Waals surface area contributed by atoms with Gasteiger partial charge in [0.2, 0.25) is 0 Å². The van der Waals surface area contributed by atoms with Gasteiger partial charge in [0.15, 0.2) is 5.96 Å². The van der Waals surface area contributed by atoms with E-state index in [1.54, 1.807) is 6.20 Å². The SMILES string of the molecule is CN=C(NCC1(N(C)C)CCOCC1)NC1CCN(c2ncccc2Cl)C1.I. The zero-order valence-corrected chi connectivity index (χ0v) is 20.0. The number of nitrogens with zero attached hydrogens (tertiary/aromatic N) is 4. The van der Waals surface area contributed by atoms with E-state index in [0.29, 0.717) is 11.1 Å². The van der Waals surface area contributed by atoms with Gasteiger partial charge in [-0.15, -0.1) is 24.0 Å². The first-order valence-electron chi connectivity index (χ1n) is 9.62. The van der Waals surface area contributed by atoms with Gasteiger partial charge in [0.05, 0.1) is 5.02 Å². The molecule has 0 radical (unpaired) electrons. The number of ether oxygens (including phenoxy) is 1. The van der Waals surface area contributed by atoms with Gasteiger partial charge >= 0.3 is 0 Å². The maximum Gasteiger partial charge on any atom is 0.191 e. The molecule has 3 rings (SSSR count). The van der Waals surface area contributed by atoms with Crippen molar-refractivity contribution in [1.82, 2.24) is 20.5 Å².